The number of fused-ring (bicyclic) bond motifs is 1. The molecule has 1 aliphatic rings. The summed E-state index contributed by atoms with van der Waals surface area (Å²) in [5.74, 6) is 1.75. The molecule has 35 heavy (non-hydrogen) atoms. The van der Waals surface area contributed by atoms with Crippen LogP contribution in [0.25, 0.3) is 11.0 Å². The molecule has 0 aliphatic carbocycles. The number of hydrogen-bond donors (Lipinski definition) is 2. The van der Waals surface area contributed by atoms with Gasteiger partial charge in [-0.3, -0.25) is 9.78 Å². The highest BCUT2D eigenvalue weighted by Crippen LogP contribution is 2.28. The minimum absolute atomic E-state index is 0.193. The van der Waals surface area contributed by atoms with Crippen molar-refractivity contribution in [2.75, 3.05) is 31.5 Å². The van der Waals surface area contributed by atoms with E-state index in [1.807, 2.05) is 41.9 Å². The second kappa shape index (κ2) is 10.1. The molecular formula is C27H30N6O2. The van der Waals surface area contributed by atoms with E-state index >= 15 is 0 Å². The Labute approximate surface area is 204 Å². The van der Waals surface area contributed by atoms with Gasteiger partial charge in [-0.2, -0.15) is 0 Å². The summed E-state index contributed by atoms with van der Waals surface area (Å²) >= 11 is 0. The number of amides is 1. The number of carbonyl (C=O) groups is 1. The van der Waals surface area contributed by atoms with E-state index in [1.165, 1.54) is 18.4 Å². The molecule has 4 aromatic rings. The normalized spacial score (nSPS) is 13.8. The first kappa shape index (κ1) is 22.9. The summed E-state index contributed by atoms with van der Waals surface area (Å²) in [5.41, 5.74) is 4.33. The van der Waals surface area contributed by atoms with Gasteiger partial charge < -0.3 is 24.8 Å². The Morgan fingerprint density at radius 1 is 1.03 bits per heavy atom. The molecule has 8 heteroatoms. The van der Waals surface area contributed by atoms with Crippen LogP contribution in [0, 0.1) is 6.92 Å². The summed E-state index contributed by atoms with van der Waals surface area (Å²) in [6.45, 7) is 5.77. The van der Waals surface area contributed by atoms with E-state index in [2.05, 4.69) is 39.6 Å². The molecule has 2 N–H and O–H groups in total. The first-order valence-electron chi connectivity index (χ1n) is 12.0. The van der Waals surface area contributed by atoms with Gasteiger partial charge in [-0.1, -0.05) is 17.7 Å². The van der Waals surface area contributed by atoms with Gasteiger partial charge in [0.05, 0.1) is 11.0 Å². The van der Waals surface area contributed by atoms with Gasteiger partial charge >= 0.3 is 0 Å². The zero-order valence-electron chi connectivity index (χ0n) is 20.1. The summed E-state index contributed by atoms with van der Waals surface area (Å²) in [4.78, 5) is 23.9. The van der Waals surface area contributed by atoms with Gasteiger partial charge in [0, 0.05) is 44.2 Å². The Hall–Kier alpha value is -3.91. The predicted octanol–water partition coefficient (Wildman–Crippen LogP) is 4.64. The van der Waals surface area contributed by atoms with Crippen LogP contribution in [0.2, 0.25) is 0 Å². The van der Waals surface area contributed by atoms with Crippen LogP contribution in [-0.4, -0.2) is 51.5 Å². The first-order valence-corrected chi connectivity index (χ1v) is 12.0. The van der Waals surface area contributed by atoms with E-state index in [9.17, 15) is 4.79 Å². The van der Waals surface area contributed by atoms with E-state index in [-0.39, 0.29) is 5.91 Å². The van der Waals surface area contributed by atoms with E-state index in [4.69, 9.17) is 9.72 Å². The van der Waals surface area contributed by atoms with Crippen LogP contribution in [0.1, 0.15) is 28.9 Å². The Kier molecular flexibility index (Phi) is 6.63. The molecule has 0 bridgehead atoms. The minimum Gasteiger partial charge on any atom is -0.457 e. The molecule has 5 rings (SSSR count). The molecule has 1 fully saturated rings. The van der Waals surface area contributed by atoms with E-state index in [1.54, 1.807) is 18.3 Å². The van der Waals surface area contributed by atoms with E-state index in [0.29, 0.717) is 23.7 Å². The third kappa shape index (κ3) is 5.44. The molecule has 8 nitrogen and oxygen atoms in total. The smallest absolute Gasteiger partial charge is 0.270 e. The molecular weight excluding hydrogens is 440 g/mol. The highest BCUT2D eigenvalue weighted by molar-refractivity contribution is 5.92. The molecule has 2 aromatic heterocycles. The lowest BCUT2D eigenvalue weighted by Gasteiger charge is -2.14. The summed E-state index contributed by atoms with van der Waals surface area (Å²) in [7, 11) is 1.98. The topological polar surface area (TPSA) is 84.3 Å². The molecule has 2 aromatic carbocycles. The lowest BCUT2D eigenvalue weighted by molar-refractivity contribution is 0.0944. The predicted molar refractivity (Wildman–Crippen MR) is 137 cm³/mol. The zero-order valence-corrected chi connectivity index (χ0v) is 20.1. The van der Waals surface area contributed by atoms with Crippen LogP contribution in [0.15, 0.2) is 60.8 Å². The van der Waals surface area contributed by atoms with E-state index in [0.717, 1.165) is 42.3 Å². The maximum Gasteiger partial charge on any atom is 0.270 e. The number of likely N-dealkylation sites (tertiary alicyclic amines) is 1. The number of benzene rings is 2. The quantitative estimate of drug-likeness (QED) is 0.390. The number of pyridine rings is 1. The van der Waals surface area contributed by atoms with Crippen molar-refractivity contribution in [3.8, 4) is 11.5 Å². The van der Waals surface area contributed by atoms with Gasteiger partial charge in [0.25, 0.3) is 5.91 Å². The fourth-order valence-electron chi connectivity index (χ4n) is 4.28. The number of nitrogens with zero attached hydrogens (tertiary/aromatic N) is 4. The summed E-state index contributed by atoms with van der Waals surface area (Å²) in [5, 5.41) is 6.32. The maximum absolute atomic E-state index is 12.5. The van der Waals surface area contributed by atoms with Crippen LogP contribution in [0.4, 0.5) is 11.6 Å². The van der Waals surface area contributed by atoms with Gasteiger partial charge in [-0.25, -0.2) is 4.98 Å². The van der Waals surface area contributed by atoms with Crippen molar-refractivity contribution < 1.29 is 9.53 Å². The largest absolute Gasteiger partial charge is 0.457 e. The zero-order chi connectivity index (χ0) is 24.2. The summed E-state index contributed by atoms with van der Waals surface area (Å²) < 4.78 is 8.06. The van der Waals surface area contributed by atoms with Crippen LogP contribution in [-0.2, 0) is 7.05 Å². The number of hydrogen-bond acceptors (Lipinski definition) is 6. The van der Waals surface area contributed by atoms with Crippen LogP contribution in [0.5, 0.6) is 11.5 Å². The van der Waals surface area contributed by atoms with Crippen molar-refractivity contribution in [1.82, 2.24) is 24.8 Å². The Morgan fingerprint density at radius 3 is 2.60 bits per heavy atom. The third-order valence-electron chi connectivity index (χ3n) is 6.27. The number of aryl methyl sites for hydroxylation is 2. The molecule has 3 heterocycles. The Morgan fingerprint density at radius 2 is 1.80 bits per heavy atom. The van der Waals surface area contributed by atoms with Crippen LogP contribution < -0.4 is 15.4 Å². The van der Waals surface area contributed by atoms with Crippen molar-refractivity contribution in [1.29, 1.82) is 0 Å². The Bertz CT molecular complexity index is 1330. The molecule has 0 radical (unpaired) electrons. The third-order valence-corrected chi connectivity index (χ3v) is 6.27. The average Bonchev–Trinajstić information content (AvgIpc) is 3.48. The fourth-order valence-corrected chi connectivity index (χ4v) is 4.28. The number of ether oxygens (including phenoxy) is 1. The second-order valence-electron chi connectivity index (χ2n) is 8.92. The van der Waals surface area contributed by atoms with Gasteiger partial charge in [-0.05, 0) is 63.2 Å². The standard InChI is InChI=1S/C27H30N6O2/c1-19-5-7-20(8-6-19)30-27-31-23-17-21(9-10-25(23)32(27)2)35-22-11-12-28-24(18-22)26(34)29-13-16-33-14-3-4-15-33/h5-12,17-18H,3-4,13-16H2,1-2H3,(H,29,34)(H,30,31). The lowest BCUT2D eigenvalue weighted by Crippen LogP contribution is -2.33. The summed E-state index contributed by atoms with van der Waals surface area (Å²) in [6, 6.07) is 17.4. The molecule has 1 amide bonds. The molecule has 1 aliphatic heterocycles. The fraction of sp³-hybridized carbons (Fsp3) is 0.296. The van der Waals surface area contributed by atoms with Gasteiger partial charge in [0.1, 0.15) is 17.2 Å². The molecule has 0 spiro atoms. The molecule has 0 atom stereocenters. The highest BCUT2D eigenvalue weighted by Gasteiger charge is 2.14. The monoisotopic (exact) mass is 470 g/mol. The number of aromatic nitrogens is 3. The van der Waals surface area contributed by atoms with Crippen molar-refractivity contribution in [2.24, 2.45) is 7.05 Å². The minimum atomic E-state index is -0.193. The van der Waals surface area contributed by atoms with E-state index < -0.39 is 0 Å². The first-order chi connectivity index (χ1) is 17.0. The van der Waals surface area contributed by atoms with Crippen LogP contribution >= 0.6 is 0 Å². The molecule has 0 unspecified atom stereocenters. The average molecular weight is 471 g/mol. The lowest BCUT2D eigenvalue weighted by atomic mass is 10.2. The number of carbonyl (C=O) groups excluding carboxylic acids is 1. The maximum atomic E-state index is 12.5. The van der Waals surface area contributed by atoms with Crippen molar-refractivity contribution >= 4 is 28.6 Å². The Balaban J connectivity index is 1.26. The van der Waals surface area contributed by atoms with Gasteiger partial charge in [-0.15, -0.1) is 0 Å². The molecule has 1 saturated heterocycles. The van der Waals surface area contributed by atoms with Crippen molar-refractivity contribution in [2.45, 2.75) is 19.8 Å². The van der Waals surface area contributed by atoms with Crippen molar-refractivity contribution in [3.63, 3.8) is 0 Å². The number of nitrogens with one attached hydrogen (secondary N) is 2. The number of anilines is 2. The van der Waals surface area contributed by atoms with Gasteiger partial charge in [0.2, 0.25) is 5.95 Å². The highest BCUT2D eigenvalue weighted by atomic mass is 16.5. The second-order valence-corrected chi connectivity index (χ2v) is 8.92. The molecule has 0 saturated carbocycles. The van der Waals surface area contributed by atoms with Crippen molar-refractivity contribution in [3.05, 3.63) is 72.1 Å². The number of rotatable bonds is 8. The molecule has 180 valence electrons. The SMILES string of the molecule is Cc1ccc(Nc2nc3cc(Oc4ccnc(C(=O)NCCN5CCCC5)c4)ccc3n2C)cc1. The number of imidazole rings is 1. The van der Waals surface area contributed by atoms with Gasteiger partial charge in [0.15, 0.2) is 0 Å². The van der Waals surface area contributed by atoms with Crippen LogP contribution in [0.3, 0.4) is 0 Å². The summed E-state index contributed by atoms with van der Waals surface area (Å²) in [6.07, 6.45) is 4.07.